The number of hydrogen-bond acceptors (Lipinski definition) is 9. The van der Waals surface area contributed by atoms with Crippen LogP contribution in [0.4, 0.5) is 0 Å². The maximum Gasteiger partial charge on any atom is 0.160 e. The number of rotatable bonds is 15. The first-order valence-corrected chi connectivity index (χ1v) is 20.4. The minimum atomic E-state index is -0.871. The summed E-state index contributed by atoms with van der Waals surface area (Å²) in [6.07, 6.45) is 15.6. The number of phenolic OH excluding ortho intramolecular Hbond substituents is 1. The Hall–Kier alpha value is -4.36. The average Bonchev–Trinajstić information content (AvgIpc) is 3.25. The highest BCUT2D eigenvalue weighted by molar-refractivity contribution is 5.85. The van der Waals surface area contributed by atoms with Gasteiger partial charge in [-0.25, -0.2) is 0 Å². The lowest BCUT2D eigenvalue weighted by molar-refractivity contribution is -0.124. The summed E-state index contributed by atoms with van der Waals surface area (Å²) in [5.74, 6) is 7.71. The van der Waals surface area contributed by atoms with Crippen LogP contribution in [0.15, 0.2) is 72.1 Å². The van der Waals surface area contributed by atoms with E-state index < -0.39 is 18.1 Å². The zero-order valence-electron chi connectivity index (χ0n) is 32.2. The number of nitrogens with two attached hydrogens (primary N) is 1. The number of carbonyl (C=O) groups is 2. The highest BCUT2D eigenvalue weighted by atomic mass is 16.5. The van der Waals surface area contributed by atoms with E-state index in [4.69, 9.17) is 10.5 Å². The molecule has 0 aromatic heterocycles. The Bertz CT molecular complexity index is 1790. The summed E-state index contributed by atoms with van der Waals surface area (Å²) in [7, 11) is 1.50. The molecule has 0 amide bonds. The standard InChI is InChI=1S/C46H59N3O6/c1-55-45-25-35-16-20-43(53)39(42(52)10-6-5-9-31-23-36-14-18-38(51)27-41(36)49-29-31)19-15-32(40(35)28-44(45)54)13-17-37(50)24-33(34-21-22-48-46(47)26-34)12-11-30-7-3-2-4-8-30/h2-4,7-8,11-12,21,25-26,28,31-33,36-37,39,41-42,48-50,52,54H,5-6,9-10,13-14,16-18,20,22-24,27,29,47H2,1H3/b12-11+/t31-,32+,33-,36+,37-,39+,41+,42+/m0/s1. The molecule has 9 heteroatoms. The number of piperidine rings is 1. The van der Waals surface area contributed by atoms with Crippen molar-refractivity contribution in [3.63, 3.8) is 0 Å². The third-order valence-corrected chi connectivity index (χ3v) is 12.1. The van der Waals surface area contributed by atoms with Gasteiger partial charge >= 0.3 is 0 Å². The highest BCUT2D eigenvalue weighted by Crippen LogP contribution is 2.38. The predicted molar refractivity (Wildman–Crippen MR) is 216 cm³/mol. The average molecular weight is 750 g/mol. The summed E-state index contributed by atoms with van der Waals surface area (Å²) >= 11 is 0. The topological polar surface area (TPSA) is 154 Å². The fourth-order valence-corrected chi connectivity index (χ4v) is 8.94. The fraction of sp³-hybridized carbons (Fsp3) is 0.522. The van der Waals surface area contributed by atoms with Crippen LogP contribution in [0.1, 0.15) is 99.7 Å². The van der Waals surface area contributed by atoms with E-state index in [9.17, 15) is 24.9 Å². The first-order chi connectivity index (χ1) is 26.7. The van der Waals surface area contributed by atoms with Crippen molar-refractivity contribution in [2.75, 3.05) is 20.2 Å². The lowest BCUT2D eigenvalue weighted by atomic mass is 9.74. The van der Waals surface area contributed by atoms with Gasteiger partial charge in [-0.3, -0.25) is 9.59 Å². The molecular formula is C46H59N3O6. The predicted octanol–water partition coefficient (Wildman–Crippen LogP) is 6.08. The third kappa shape index (κ3) is 11.1. The van der Waals surface area contributed by atoms with Gasteiger partial charge in [0.1, 0.15) is 11.7 Å². The maximum absolute atomic E-state index is 13.6. The molecule has 7 N–H and O–H groups in total. The molecule has 2 fully saturated rings. The van der Waals surface area contributed by atoms with Crippen molar-refractivity contribution in [1.29, 1.82) is 0 Å². The smallest absolute Gasteiger partial charge is 0.160 e. The number of allylic oxidation sites excluding steroid dienone is 3. The van der Waals surface area contributed by atoms with Crippen LogP contribution in [-0.2, 0) is 16.0 Å². The van der Waals surface area contributed by atoms with Crippen LogP contribution in [0.2, 0.25) is 0 Å². The molecule has 0 spiro atoms. The van der Waals surface area contributed by atoms with Gasteiger partial charge in [-0.2, -0.15) is 0 Å². The number of benzene rings is 2. The summed E-state index contributed by atoms with van der Waals surface area (Å²) in [4.78, 5) is 25.5. The lowest BCUT2D eigenvalue weighted by Crippen LogP contribution is -2.48. The summed E-state index contributed by atoms with van der Waals surface area (Å²) in [6.45, 7) is 1.56. The zero-order valence-corrected chi connectivity index (χ0v) is 32.2. The number of aromatic hydroxyl groups is 1. The molecular weight excluding hydrogens is 691 g/mol. The second kappa shape index (κ2) is 19.5. The minimum absolute atomic E-state index is 0.00440. The van der Waals surface area contributed by atoms with Crippen molar-refractivity contribution in [1.82, 2.24) is 10.6 Å². The van der Waals surface area contributed by atoms with Gasteiger partial charge in [-0.05, 0) is 110 Å². The van der Waals surface area contributed by atoms with Crippen LogP contribution in [0.3, 0.4) is 0 Å². The summed E-state index contributed by atoms with van der Waals surface area (Å²) < 4.78 is 5.43. The molecule has 4 aliphatic rings. The van der Waals surface area contributed by atoms with Gasteiger partial charge in [0.15, 0.2) is 17.3 Å². The number of aliphatic hydroxyl groups excluding tert-OH is 2. The molecule has 1 saturated heterocycles. The van der Waals surface area contributed by atoms with Crippen molar-refractivity contribution in [2.45, 2.75) is 108 Å². The van der Waals surface area contributed by atoms with Crippen LogP contribution >= 0.6 is 0 Å². The van der Waals surface area contributed by atoms with E-state index in [2.05, 4.69) is 40.7 Å². The van der Waals surface area contributed by atoms with E-state index in [1.165, 1.54) is 7.11 Å². The molecule has 2 heterocycles. The zero-order chi connectivity index (χ0) is 38.7. The van der Waals surface area contributed by atoms with Crippen molar-refractivity contribution in [2.24, 2.45) is 29.4 Å². The number of Topliss-reactive ketones (excluding diaryl/α,β-unsaturated/α-hetero) is 2. The summed E-state index contributed by atoms with van der Waals surface area (Å²) in [5.41, 5.74) is 9.96. The van der Waals surface area contributed by atoms with Gasteiger partial charge < -0.3 is 36.4 Å². The van der Waals surface area contributed by atoms with Crippen LogP contribution in [0.5, 0.6) is 11.5 Å². The molecule has 2 aromatic rings. The fourth-order valence-electron chi connectivity index (χ4n) is 8.94. The van der Waals surface area contributed by atoms with Gasteiger partial charge in [0.2, 0.25) is 0 Å². The first-order valence-electron chi connectivity index (χ1n) is 20.4. The van der Waals surface area contributed by atoms with Crippen LogP contribution < -0.4 is 21.1 Å². The van der Waals surface area contributed by atoms with E-state index in [0.29, 0.717) is 86.7 Å². The first kappa shape index (κ1) is 40.3. The van der Waals surface area contributed by atoms with Gasteiger partial charge in [0.05, 0.1) is 25.1 Å². The number of ether oxygens (including phenoxy) is 1. The number of unbranched alkanes of at least 4 members (excludes halogenated alkanes) is 1. The van der Waals surface area contributed by atoms with Crippen molar-refractivity contribution in [3.8, 4) is 23.3 Å². The Kier molecular flexibility index (Phi) is 14.3. The van der Waals surface area contributed by atoms with Gasteiger partial charge in [-0.15, -0.1) is 0 Å². The normalized spacial score (nSPS) is 25.7. The number of methoxy groups -OCH3 is 1. The number of nitrogens with one attached hydrogen (secondary N) is 2. The monoisotopic (exact) mass is 749 g/mol. The quantitative estimate of drug-likeness (QED) is 0.0940. The Morgan fingerprint density at radius 2 is 1.87 bits per heavy atom. The summed E-state index contributed by atoms with van der Waals surface area (Å²) in [5, 5.41) is 40.5. The number of fused-ring (bicyclic) bond motifs is 2. The SMILES string of the molecule is COc1cc2c(cc1O)[C@H](CC[C@H](O)C[C@H](/C=C/c1ccccc1)C1=CCNC(N)=C1)C#C[C@H]([C@H](O)CCCC[C@@H]1CN[C@@H]3CC(=O)CC[C@@H]3C1)C(=O)CC2. The molecule has 2 aliphatic heterocycles. The lowest BCUT2D eigenvalue weighted by Gasteiger charge is -2.39. The number of aliphatic hydroxyl groups is 2. The number of hydrogen-bond donors (Lipinski definition) is 6. The molecule has 294 valence electrons. The molecule has 9 nitrogen and oxygen atoms in total. The van der Waals surface area contributed by atoms with Crippen molar-refractivity contribution >= 4 is 17.6 Å². The Morgan fingerprint density at radius 1 is 1.04 bits per heavy atom. The van der Waals surface area contributed by atoms with E-state index in [0.717, 1.165) is 60.9 Å². The number of dihydropyridines is 1. The second-order valence-corrected chi connectivity index (χ2v) is 16.0. The molecule has 2 aromatic carbocycles. The minimum Gasteiger partial charge on any atom is -0.504 e. The Labute approximate surface area is 326 Å². The molecule has 1 saturated carbocycles. The molecule has 55 heavy (non-hydrogen) atoms. The maximum atomic E-state index is 13.6. The molecule has 6 rings (SSSR count). The largest absolute Gasteiger partial charge is 0.504 e. The van der Waals surface area contributed by atoms with Crippen LogP contribution in [-0.4, -0.2) is 65.3 Å². The molecule has 2 aliphatic carbocycles. The van der Waals surface area contributed by atoms with E-state index in [-0.39, 0.29) is 29.8 Å². The number of carbonyl (C=O) groups excluding carboxylic acids is 2. The van der Waals surface area contributed by atoms with E-state index >= 15 is 0 Å². The van der Waals surface area contributed by atoms with E-state index in [1.807, 2.05) is 36.4 Å². The van der Waals surface area contributed by atoms with Crippen LogP contribution in [0, 0.1) is 35.5 Å². The number of ketones is 2. The van der Waals surface area contributed by atoms with Gasteiger partial charge in [0.25, 0.3) is 0 Å². The molecule has 0 radical (unpaired) electrons. The van der Waals surface area contributed by atoms with Crippen molar-refractivity contribution in [3.05, 3.63) is 88.8 Å². The van der Waals surface area contributed by atoms with E-state index in [1.54, 1.807) is 12.1 Å². The van der Waals surface area contributed by atoms with Gasteiger partial charge in [0, 0.05) is 43.7 Å². The number of phenols is 1. The molecule has 0 bridgehead atoms. The second-order valence-electron chi connectivity index (χ2n) is 16.0. The summed E-state index contributed by atoms with van der Waals surface area (Å²) in [6, 6.07) is 13.9. The molecule has 0 unspecified atom stereocenters. The van der Waals surface area contributed by atoms with Crippen molar-refractivity contribution < 1.29 is 29.6 Å². The number of aryl methyl sites for hydroxylation is 1. The highest BCUT2D eigenvalue weighted by Gasteiger charge is 2.35. The third-order valence-electron chi connectivity index (χ3n) is 12.1. The van der Waals surface area contributed by atoms with Gasteiger partial charge in [-0.1, -0.05) is 73.2 Å². The Balaban J connectivity index is 1.12. The van der Waals surface area contributed by atoms with Crippen LogP contribution in [0.25, 0.3) is 6.08 Å². The molecule has 8 atom stereocenters. The Morgan fingerprint density at radius 3 is 2.67 bits per heavy atom.